The number of carbonyl (C=O) groups is 2. The molecule has 0 unspecified atom stereocenters. The maximum Gasteiger partial charge on any atom is 0.332 e. The molecule has 2 aliphatic rings. The van der Waals surface area contributed by atoms with E-state index in [9.17, 15) is 9.59 Å². The van der Waals surface area contributed by atoms with E-state index in [1.165, 1.54) is 5.56 Å². The molecular weight excluding hydrogens is 512 g/mol. The zero-order valence-electron chi connectivity index (χ0n) is 23.0. The molecule has 2 fully saturated rings. The summed E-state index contributed by atoms with van der Waals surface area (Å²) in [4.78, 5) is 35.6. The Balaban J connectivity index is 1.35. The van der Waals surface area contributed by atoms with Gasteiger partial charge in [-0.25, -0.2) is 14.8 Å². The van der Waals surface area contributed by atoms with Crippen molar-refractivity contribution in [3.8, 4) is 16.5 Å². The molecule has 1 saturated heterocycles. The predicted octanol–water partition coefficient (Wildman–Crippen LogP) is 4.63. The van der Waals surface area contributed by atoms with Gasteiger partial charge in [-0.1, -0.05) is 19.9 Å². The highest BCUT2D eigenvalue weighted by Crippen LogP contribution is 2.45. The molecule has 2 aromatic heterocycles. The lowest BCUT2D eigenvalue weighted by Gasteiger charge is -2.20. The van der Waals surface area contributed by atoms with E-state index in [4.69, 9.17) is 19.4 Å². The average molecular weight is 549 g/mol. The van der Waals surface area contributed by atoms with E-state index in [2.05, 4.69) is 48.6 Å². The first kappa shape index (κ1) is 27.3. The second-order valence-electron chi connectivity index (χ2n) is 10.8. The topological polar surface area (TPSA) is 102 Å². The van der Waals surface area contributed by atoms with Crippen LogP contribution in [0.25, 0.3) is 21.6 Å². The standard InChI is InChI=1S/C30H36N4O4S/c1-6-20-14-30(20,29(36)38-7-2)34-27(35)24-11-18(15-31-24)10-19-12-25(28-33-26(16-39-28)17(3)4)32-23-13-21(37-5)8-9-22(19)23/h6,8-9,12-13,16-18,20,24,31H,1,7,10-11,14-15H2,2-5H3,(H,34,35)/t18-,20-,24+,30-/m1/s1. The molecule has 3 aromatic rings. The molecule has 0 bridgehead atoms. The number of pyridine rings is 1. The molecule has 0 radical (unpaired) electrons. The van der Waals surface area contributed by atoms with Crippen molar-refractivity contribution in [2.45, 2.75) is 57.5 Å². The van der Waals surface area contributed by atoms with Crippen LogP contribution in [0.5, 0.6) is 5.75 Å². The quantitative estimate of drug-likeness (QED) is 0.281. The lowest BCUT2D eigenvalue weighted by atomic mass is 9.93. The molecule has 0 spiro atoms. The Morgan fingerprint density at radius 3 is 2.79 bits per heavy atom. The number of esters is 1. The van der Waals surface area contributed by atoms with Crippen molar-refractivity contribution in [1.82, 2.24) is 20.6 Å². The third kappa shape index (κ3) is 5.43. The first-order valence-electron chi connectivity index (χ1n) is 13.6. The number of thiazole rings is 1. The Morgan fingerprint density at radius 2 is 2.13 bits per heavy atom. The Kier molecular flexibility index (Phi) is 7.73. The van der Waals surface area contributed by atoms with Gasteiger partial charge in [-0.3, -0.25) is 4.79 Å². The molecule has 2 N–H and O–H groups in total. The van der Waals surface area contributed by atoms with Gasteiger partial charge in [0.15, 0.2) is 0 Å². The number of benzene rings is 1. The number of amides is 1. The molecule has 1 aromatic carbocycles. The van der Waals surface area contributed by atoms with Crippen LogP contribution in [0.4, 0.5) is 0 Å². The van der Waals surface area contributed by atoms with Gasteiger partial charge >= 0.3 is 5.97 Å². The number of nitrogens with one attached hydrogen (secondary N) is 2. The largest absolute Gasteiger partial charge is 0.497 e. The van der Waals surface area contributed by atoms with Crippen LogP contribution in [0, 0.1) is 11.8 Å². The zero-order chi connectivity index (χ0) is 27.7. The SMILES string of the molecule is C=C[C@@H]1C[C@]1(NC(=O)[C@@H]1C[C@@H](Cc2cc(-c3nc(C(C)C)cs3)nc3cc(OC)ccc23)CN1)C(=O)OCC. The fraction of sp³-hybridized carbons (Fsp3) is 0.467. The summed E-state index contributed by atoms with van der Waals surface area (Å²) < 4.78 is 10.7. The van der Waals surface area contributed by atoms with E-state index in [0.717, 1.165) is 39.5 Å². The molecule has 5 rings (SSSR count). The van der Waals surface area contributed by atoms with Crippen molar-refractivity contribution in [3.63, 3.8) is 0 Å². The smallest absolute Gasteiger partial charge is 0.332 e. The van der Waals surface area contributed by atoms with Gasteiger partial charge in [0.1, 0.15) is 16.3 Å². The van der Waals surface area contributed by atoms with Crippen molar-refractivity contribution >= 4 is 34.1 Å². The summed E-state index contributed by atoms with van der Waals surface area (Å²) in [6.07, 6.45) is 3.71. The number of nitrogens with zero attached hydrogens (tertiary/aromatic N) is 2. The highest BCUT2D eigenvalue weighted by atomic mass is 32.1. The minimum atomic E-state index is -0.980. The fourth-order valence-electron chi connectivity index (χ4n) is 5.40. The van der Waals surface area contributed by atoms with E-state index in [-0.39, 0.29) is 36.4 Å². The summed E-state index contributed by atoms with van der Waals surface area (Å²) in [5.74, 6) is 0.710. The summed E-state index contributed by atoms with van der Waals surface area (Å²) in [6.45, 7) is 10.8. The second-order valence-corrected chi connectivity index (χ2v) is 11.6. The van der Waals surface area contributed by atoms with Crippen molar-refractivity contribution in [2.24, 2.45) is 11.8 Å². The number of hydrogen-bond acceptors (Lipinski definition) is 8. The molecule has 4 atom stereocenters. The molecular formula is C30H36N4O4S. The number of methoxy groups -OCH3 is 1. The first-order chi connectivity index (χ1) is 18.8. The summed E-state index contributed by atoms with van der Waals surface area (Å²) in [6, 6.07) is 7.74. The fourth-order valence-corrected chi connectivity index (χ4v) is 6.34. The van der Waals surface area contributed by atoms with Gasteiger partial charge in [0, 0.05) is 22.8 Å². The number of fused-ring (bicyclic) bond motifs is 1. The van der Waals surface area contributed by atoms with E-state index in [1.54, 1.807) is 31.4 Å². The summed E-state index contributed by atoms with van der Waals surface area (Å²) in [5, 5.41) is 10.4. The van der Waals surface area contributed by atoms with Crippen molar-refractivity contribution < 1.29 is 19.1 Å². The van der Waals surface area contributed by atoms with Gasteiger partial charge in [0.05, 0.1) is 36.7 Å². The molecule has 1 amide bonds. The van der Waals surface area contributed by atoms with Crippen LogP contribution in [-0.4, -0.2) is 53.7 Å². The lowest BCUT2D eigenvalue weighted by Crippen LogP contribution is -2.51. The van der Waals surface area contributed by atoms with Gasteiger partial charge < -0.3 is 20.1 Å². The molecule has 1 saturated carbocycles. The van der Waals surface area contributed by atoms with Crippen LogP contribution in [0.1, 0.15) is 50.8 Å². The predicted molar refractivity (Wildman–Crippen MR) is 153 cm³/mol. The van der Waals surface area contributed by atoms with Crippen molar-refractivity contribution in [3.05, 3.63) is 53.6 Å². The van der Waals surface area contributed by atoms with Gasteiger partial charge in [-0.15, -0.1) is 17.9 Å². The number of hydrogen-bond donors (Lipinski definition) is 2. The summed E-state index contributed by atoms with van der Waals surface area (Å²) >= 11 is 1.61. The highest BCUT2D eigenvalue weighted by molar-refractivity contribution is 7.13. The molecule has 3 heterocycles. The van der Waals surface area contributed by atoms with E-state index in [0.29, 0.717) is 25.3 Å². The minimum Gasteiger partial charge on any atom is -0.497 e. The maximum atomic E-state index is 13.2. The Morgan fingerprint density at radius 1 is 1.31 bits per heavy atom. The first-order valence-corrected chi connectivity index (χ1v) is 14.4. The zero-order valence-corrected chi connectivity index (χ0v) is 23.8. The number of rotatable bonds is 10. The van der Waals surface area contributed by atoms with Gasteiger partial charge in [-0.2, -0.15) is 0 Å². The monoisotopic (exact) mass is 548 g/mol. The van der Waals surface area contributed by atoms with Gasteiger partial charge in [0.2, 0.25) is 5.91 Å². The summed E-state index contributed by atoms with van der Waals surface area (Å²) in [7, 11) is 1.65. The van der Waals surface area contributed by atoms with Gasteiger partial charge in [0.25, 0.3) is 0 Å². The normalized spacial score (nSPS) is 24.1. The van der Waals surface area contributed by atoms with Crippen LogP contribution in [0.15, 0.2) is 42.3 Å². The third-order valence-corrected chi connectivity index (χ3v) is 8.65. The molecule has 1 aliphatic heterocycles. The molecule has 39 heavy (non-hydrogen) atoms. The van der Waals surface area contributed by atoms with Crippen LogP contribution >= 0.6 is 11.3 Å². The van der Waals surface area contributed by atoms with E-state index < -0.39 is 5.54 Å². The Hall–Kier alpha value is -3.30. The molecule has 206 valence electrons. The second kappa shape index (κ2) is 11.1. The van der Waals surface area contributed by atoms with Crippen molar-refractivity contribution in [2.75, 3.05) is 20.3 Å². The Labute approximate surface area is 233 Å². The van der Waals surface area contributed by atoms with Crippen LogP contribution in [0.3, 0.4) is 0 Å². The molecule has 9 heteroatoms. The highest BCUT2D eigenvalue weighted by Gasteiger charge is 2.61. The van der Waals surface area contributed by atoms with Gasteiger partial charge in [-0.05, 0) is 68.3 Å². The summed E-state index contributed by atoms with van der Waals surface area (Å²) in [5.41, 5.74) is 2.97. The Bertz CT molecular complexity index is 1400. The lowest BCUT2D eigenvalue weighted by molar-refractivity contribution is -0.149. The molecule has 1 aliphatic carbocycles. The minimum absolute atomic E-state index is 0.0987. The van der Waals surface area contributed by atoms with Crippen LogP contribution < -0.4 is 15.4 Å². The van der Waals surface area contributed by atoms with Crippen LogP contribution in [0.2, 0.25) is 0 Å². The number of ether oxygens (including phenoxy) is 2. The maximum absolute atomic E-state index is 13.2. The van der Waals surface area contributed by atoms with Crippen molar-refractivity contribution in [1.29, 1.82) is 0 Å². The number of carbonyl (C=O) groups excluding carboxylic acids is 2. The molecule has 8 nitrogen and oxygen atoms in total. The number of aromatic nitrogens is 2. The van der Waals surface area contributed by atoms with E-state index >= 15 is 0 Å². The average Bonchev–Trinajstić information content (AvgIpc) is 3.25. The van der Waals surface area contributed by atoms with E-state index in [1.807, 2.05) is 12.1 Å². The van der Waals surface area contributed by atoms with Crippen LogP contribution in [-0.2, 0) is 20.7 Å². The third-order valence-electron chi connectivity index (χ3n) is 7.77.